The normalized spacial score (nSPS) is 11.6. The molecular weight excluding hydrogens is 695 g/mol. The quantitative estimate of drug-likeness (QED) is 0.154. The Morgan fingerprint density at radius 3 is 1.61 bits per heavy atom. The zero-order chi connectivity index (χ0) is 37.0. The summed E-state index contributed by atoms with van der Waals surface area (Å²) in [6.45, 7) is 0. The molecule has 0 N–H and O–H groups in total. The van der Waals surface area contributed by atoms with Gasteiger partial charge in [0, 0.05) is 37.1 Å². The molecule has 0 atom stereocenters. The second-order valence-electron chi connectivity index (χ2n) is 14.4. The molecule has 0 aliphatic carbocycles. The molecule has 56 heavy (non-hydrogen) atoms. The lowest BCUT2D eigenvalue weighted by molar-refractivity contribution is 1.28. The number of thiophene rings is 1. The number of rotatable bonds is 6. The van der Waals surface area contributed by atoms with Gasteiger partial charge in [-0.2, -0.15) is 0 Å². The Hall–Kier alpha value is -7.00. The Morgan fingerprint density at radius 2 is 0.821 bits per heavy atom. The van der Waals surface area contributed by atoms with Crippen molar-refractivity contribution < 1.29 is 0 Å². The topological polar surface area (TPSA) is 3.24 Å². The highest BCUT2D eigenvalue weighted by molar-refractivity contribution is 7.26. The van der Waals surface area contributed by atoms with E-state index in [2.05, 4.69) is 217 Å². The number of nitrogens with zero attached hydrogens (tertiary/aromatic N) is 1. The monoisotopic (exact) mass is 729 g/mol. The van der Waals surface area contributed by atoms with Crippen molar-refractivity contribution in [3.63, 3.8) is 0 Å². The average molecular weight is 730 g/mol. The van der Waals surface area contributed by atoms with Crippen LogP contribution in [0.25, 0.3) is 85.9 Å². The minimum atomic E-state index is 1.10. The number of benzene rings is 10. The molecule has 0 fully saturated rings. The number of hydrogen-bond acceptors (Lipinski definition) is 2. The summed E-state index contributed by atoms with van der Waals surface area (Å²) in [5.74, 6) is 0. The van der Waals surface area contributed by atoms with Gasteiger partial charge in [0.2, 0.25) is 0 Å². The van der Waals surface area contributed by atoms with Crippen molar-refractivity contribution in [1.29, 1.82) is 0 Å². The fraction of sp³-hybridized carbons (Fsp3) is 0. The van der Waals surface area contributed by atoms with E-state index in [1.54, 1.807) is 0 Å². The highest BCUT2D eigenvalue weighted by Crippen LogP contribution is 2.45. The number of para-hydroxylation sites is 1. The molecule has 0 aliphatic heterocycles. The molecule has 10 aromatic carbocycles. The maximum absolute atomic E-state index is 2.42. The van der Waals surface area contributed by atoms with E-state index in [1.807, 2.05) is 11.3 Å². The van der Waals surface area contributed by atoms with Crippen molar-refractivity contribution in [3.05, 3.63) is 212 Å². The van der Waals surface area contributed by atoms with E-state index in [0.29, 0.717) is 0 Å². The molecule has 262 valence electrons. The molecule has 0 radical (unpaired) electrons. The van der Waals surface area contributed by atoms with Gasteiger partial charge in [0.25, 0.3) is 0 Å². The molecule has 1 nitrogen and oxygen atoms in total. The molecule has 1 heterocycles. The van der Waals surface area contributed by atoms with Crippen LogP contribution in [0, 0.1) is 0 Å². The Morgan fingerprint density at radius 1 is 0.304 bits per heavy atom. The van der Waals surface area contributed by atoms with Crippen LogP contribution < -0.4 is 4.90 Å². The second kappa shape index (κ2) is 13.4. The smallest absolute Gasteiger partial charge is 0.0540 e. The molecule has 11 rings (SSSR count). The molecule has 0 saturated carbocycles. The molecule has 0 aliphatic rings. The third-order valence-electron chi connectivity index (χ3n) is 11.3. The predicted molar refractivity (Wildman–Crippen MR) is 243 cm³/mol. The minimum absolute atomic E-state index is 1.10. The molecule has 0 spiro atoms. The molecule has 2 heteroatoms. The summed E-state index contributed by atoms with van der Waals surface area (Å²) in [5, 5.41) is 10.2. The molecular formula is C54H35NS. The van der Waals surface area contributed by atoms with E-state index < -0.39 is 0 Å². The largest absolute Gasteiger partial charge is 0.310 e. The Bertz CT molecular complexity index is 3240. The first-order valence-electron chi connectivity index (χ1n) is 19.2. The zero-order valence-corrected chi connectivity index (χ0v) is 31.4. The summed E-state index contributed by atoms with van der Waals surface area (Å²) in [4.78, 5) is 2.42. The Kier molecular flexibility index (Phi) is 7.75. The van der Waals surface area contributed by atoms with Gasteiger partial charge in [0.05, 0.1) is 5.69 Å². The first kappa shape index (κ1) is 32.4. The van der Waals surface area contributed by atoms with E-state index in [0.717, 1.165) is 17.1 Å². The Labute approximate surface area is 330 Å². The highest BCUT2D eigenvalue weighted by Gasteiger charge is 2.19. The first-order valence-corrected chi connectivity index (χ1v) is 20.0. The van der Waals surface area contributed by atoms with Gasteiger partial charge in [-0.15, -0.1) is 11.3 Å². The van der Waals surface area contributed by atoms with Gasteiger partial charge in [-0.25, -0.2) is 0 Å². The van der Waals surface area contributed by atoms with Crippen LogP contribution in [0.4, 0.5) is 17.1 Å². The van der Waals surface area contributed by atoms with Crippen LogP contribution in [0.1, 0.15) is 0 Å². The van der Waals surface area contributed by atoms with E-state index >= 15 is 0 Å². The number of anilines is 3. The second-order valence-corrected chi connectivity index (χ2v) is 15.5. The van der Waals surface area contributed by atoms with Crippen LogP contribution in [0.3, 0.4) is 0 Å². The molecule has 0 amide bonds. The first-order chi connectivity index (χ1) is 27.8. The van der Waals surface area contributed by atoms with E-state index in [9.17, 15) is 0 Å². The number of fused-ring (bicyclic) bond motifs is 7. The van der Waals surface area contributed by atoms with Crippen LogP contribution in [0.2, 0.25) is 0 Å². The Balaban J connectivity index is 1.07. The lowest BCUT2D eigenvalue weighted by Gasteiger charge is -2.28. The van der Waals surface area contributed by atoms with Crippen molar-refractivity contribution in [2.45, 2.75) is 0 Å². The van der Waals surface area contributed by atoms with Crippen LogP contribution in [0.5, 0.6) is 0 Å². The summed E-state index contributed by atoms with van der Waals surface area (Å²) < 4.78 is 2.65. The maximum Gasteiger partial charge on any atom is 0.0540 e. The fourth-order valence-electron chi connectivity index (χ4n) is 8.63. The van der Waals surface area contributed by atoms with Crippen molar-refractivity contribution in [3.8, 4) is 33.4 Å². The third kappa shape index (κ3) is 5.38. The zero-order valence-electron chi connectivity index (χ0n) is 30.6. The maximum atomic E-state index is 2.42. The van der Waals surface area contributed by atoms with Crippen molar-refractivity contribution in [2.75, 3.05) is 4.90 Å². The summed E-state index contributed by atoms with van der Waals surface area (Å²) in [6.07, 6.45) is 0. The van der Waals surface area contributed by atoms with Crippen molar-refractivity contribution >= 4 is 80.9 Å². The minimum Gasteiger partial charge on any atom is -0.310 e. The third-order valence-corrected chi connectivity index (χ3v) is 12.5. The highest BCUT2D eigenvalue weighted by atomic mass is 32.1. The van der Waals surface area contributed by atoms with E-state index in [1.165, 1.54) is 85.9 Å². The average Bonchev–Trinajstić information content (AvgIpc) is 3.66. The van der Waals surface area contributed by atoms with Crippen molar-refractivity contribution in [2.24, 2.45) is 0 Å². The van der Waals surface area contributed by atoms with Gasteiger partial charge in [-0.3, -0.25) is 0 Å². The number of hydrogen-bond donors (Lipinski definition) is 0. The van der Waals surface area contributed by atoms with Gasteiger partial charge in [0.1, 0.15) is 0 Å². The van der Waals surface area contributed by atoms with Crippen LogP contribution in [-0.4, -0.2) is 0 Å². The fourth-order valence-corrected chi connectivity index (χ4v) is 9.87. The van der Waals surface area contributed by atoms with E-state index in [-0.39, 0.29) is 0 Å². The predicted octanol–water partition coefficient (Wildman–Crippen LogP) is 16.0. The molecule has 0 bridgehead atoms. The van der Waals surface area contributed by atoms with Gasteiger partial charge < -0.3 is 4.90 Å². The van der Waals surface area contributed by atoms with Gasteiger partial charge in [-0.05, 0) is 103 Å². The lowest BCUT2D eigenvalue weighted by Crippen LogP contribution is -2.11. The van der Waals surface area contributed by atoms with Gasteiger partial charge >= 0.3 is 0 Å². The standard InChI is InChI=1S/C54H35NS/c1-3-16-42-36(13-1)15-11-23-46(42)48-20-7-9-25-52(48)55(40-31-27-37(28-32-40)44-22-12-24-50-49-21-8-10-26-53(49)56-54(44)50)41-33-29-38(30-34-41)51-35-39-14-2-4-17-43(39)45-18-5-6-19-47(45)51/h1-35H. The van der Waals surface area contributed by atoms with Crippen LogP contribution in [-0.2, 0) is 0 Å². The molecule has 11 aromatic rings. The summed E-state index contributed by atoms with van der Waals surface area (Å²) in [5.41, 5.74) is 10.7. The van der Waals surface area contributed by atoms with Crippen LogP contribution >= 0.6 is 11.3 Å². The molecule has 0 unspecified atom stereocenters. The summed E-state index contributed by atoms with van der Waals surface area (Å²) in [7, 11) is 0. The van der Waals surface area contributed by atoms with Gasteiger partial charge in [0.15, 0.2) is 0 Å². The molecule has 1 aromatic heterocycles. The molecule has 0 saturated heterocycles. The summed E-state index contributed by atoms with van der Waals surface area (Å²) >= 11 is 1.88. The summed E-state index contributed by atoms with van der Waals surface area (Å²) in [6, 6.07) is 77.7. The van der Waals surface area contributed by atoms with E-state index in [4.69, 9.17) is 0 Å². The lowest BCUT2D eigenvalue weighted by atomic mass is 9.93. The SMILES string of the molecule is c1ccc(N(c2ccc(-c3cc4ccccc4c4ccccc34)cc2)c2ccc(-c3cccc4c3sc3ccccc34)cc2)c(-c2cccc3ccccc23)c1. The van der Waals surface area contributed by atoms with Crippen molar-refractivity contribution in [1.82, 2.24) is 0 Å². The van der Waals surface area contributed by atoms with Crippen LogP contribution in [0.15, 0.2) is 212 Å². The van der Waals surface area contributed by atoms with Gasteiger partial charge in [-0.1, -0.05) is 170 Å².